The number of nitrogens with one attached hydrogen (secondary N) is 3. The summed E-state index contributed by atoms with van der Waals surface area (Å²) in [5.74, 6) is -5.01. The molecule has 0 unspecified atom stereocenters. The molecule has 7 atom stereocenters. The molecule has 0 spiro atoms. The Morgan fingerprint density at radius 3 is 1.51 bits per heavy atom. The second-order valence-electron chi connectivity index (χ2n) is 23.2. The summed E-state index contributed by atoms with van der Waals surface area (Å²) < 4.78 is 41.0. The summed E-state index contributed by atoms with van der Waals surface area (Å²) in [5.41, 5.74) is 0.796. The van der Waals surface area contributed by atoms with Gasteiger partial charge in [-0.2, -0.15) is 0 Å². The van der Waals surface area contributed by atoms with Crippen LogP contribution >= 0.6 is 0 Å². The summed E-state index contributed by atoms with van der Waals surface area (Å²) in [6.07, 6.45) is 27.7. The fraction of sp³-hybridized carbons (Fsp3) is 0.791. The molecule has 486 valence electrons. The summed E-state index contributed by atoms with van der Waals surface area (Å²) in [4.78, 5) is 106. The molecule has 1 aromatic carbocycles. The zero-order valence-corrected chi connectivity index (χ0v) is 53.3. The van der Waals surface area contributed by atoms with Gasteiger partial charge >= 0.3 is 29.8 Å². The van der Waals surface area contributed by atoms with Gasteiger partial charge in [0.1, 0.15) is 37.5 Å². The van der Waals surface area contributed by atoms with Crippen molar-refractivity contribution in [2.75, 3.05) is 19.8 Å². The average molecular weight is 1200 g/mol. The van der Waals surface area contributed by atoms with E-state index in [9.17, 15) is 38.4 Å². The molecule has 0 saturated carbocycles. The van der Waals surface area contributed by atoms with Gasteiger partial charge < -0.3 is 49.1 Å². The van der Waals surface area contributed by atoms with Crippen LogP contribution in [0.1, 0.15) is 278 Å². The molecule has 1 heterocycles. The topological polar surface area (TPSA) is 237 Å². The van der Waals surface area contributed by atoms with Gasteiger partial charge in [-0.05, 0) is 31.2 Å². The van der Waals surface area contributed by atoms with Gasteiger partial charge in [-0.3, -0.25) is 38.4 Å². The molecule has 85 heavy (non-hydrogen) atoms. The fourth-order valence-electron chi connectivity index (χ4n) is 10.5. The van der Waals surface area contributed by atoms with Gasteiger partial charge in [0.25, 0.3) is 0 Å². The molecule has 1 aliphatic heterocycles. The van der Waals surface area contributed by atoms with Crippen molar-refractivity contribution in [2.24, 2.45) is 0 Å². The normalized spacial score (nSPS) is 17.2. The van der Waals surface area contributed by atoms with Gasteiger partial charge in [0.15, 0.2) is 18.5 Å². The number of esters is 5. The first-order valence-electron chi connectivity index (χ1n) is 33.2. The van der Waals surface area contributed by atoms with E-state index in [1.807, 2.05) is 30.3 Å². The van der Waals surface area contributed by atoms with Crippen molar-refractivity contribution in [3.05, 3.63) is 35.9 Å². The second kappa shape index (κ2) is 50.0. The highest BCUT2D eigenvalue weighted by Gasteiger charge is 2.52. The van der Waals surface area contributed by atoms with Crippen LogP contribution < -0.4 is 16.0 Å². The van der Waals surface area contributed by atoms with E-state index in [0.717, 1.165) is 90.0 Å². The number of benzene rings is 1. The molecule has 0 aromatic heterocycles. The molecule has 3 N–H and O–H groups in total. The highest BCUT2D eigenvalue weighted by atomic mass is 16.7. The smallest absolute Gasteiger partial charge is 0.307 e. The van der Waals surface area contributed by atoms with Gasteiger partial charge in [-0.1, -0.05) is 231 Å². The Labute approximate surface area is 510 Å². The van der Waals surface area contributed by atoms with Gasteiger partial charge in [0.05, 0.1) is 19.4 Å². The fourth-order valence-corrected chi connectivity index (χ4v) is 10.5. The van der Waals surface area contributed by atoms with E-state index in [-0.39, 0.29) is 38.8 Å². The number of ether oxygens (including phenoxy) is 7. The van der Waals surface area contributed by atoms with E-state index in [1.54, 1.807) is 0 Å². The quantitative estimate of drug-likeness (QED) is 0.0312. The van der Waals surface area contributed by atoms with Crippen molar-refractivity contribution < 1.29 is 71.5 Å². The van der Waals surface area contributed by atoms with Crippen LogP contribution in [0.25, 0.3) is 0 Å². The maximum absolute atomic E-state index is 14.5. The highest BCUT2D eigenvalue weighted by molar-refractivity contribution is 5.88. The van der Waals surface area contributed by atoms with Gasteiger partial charge in [0, 0.05) is 40.2 Å². The lowest BCUT2D eigenvalue weighted by Gasteiger charge is -2.45. The first-order chi connectivity index (χ1) is 41.2. The predicted octanol–water partition coefficient (Wildman–Crippen LogP) is 13.0. The lowest BCUT2D eigenvalue weighted by molar-refractivity contribution is -0.278. The summed E-state index contributed by atoms with van der Waals surface area (Å²) in [6, 6.07) is 6.34. The zero-order valence-electron chi connectivity index (χ0n) is 53.3. The molecule has 18 nitrogen and oxygen atoms in total. The Balaban J connectivity index is 2.38. The maximum atomic E-state index is 14.5. The maximum Gasteiger partial charge on any atom is 0.307 e. The van der Waals surface area contributed by atoms with Crippen LogP contribution in [0.2, 0.25) is 0 Å². The van der Waals surface area contributed by atoms with Crippen molar-refractivity contribution in [1.29, 1.82) is 0 Å². The predicted molar refractivity (Wildman–Crippen MR) is 329 cm³/mol. The molecule has 1 aromatic rings. The molecule has 18 heteroatoms. The number of rotatable bonds is 52. The number of carbonyl (C=O) groups excluding carboxylic acids is 8. The van der Waals surface area contributed by atoms with Crippen molar-refractivity contribution >= 4 is 47.6 Å². The molecular weight excluding hydrogens is 1090 g/mol. The van der Waals surface area contributed by atoms with E-state index in [2.05, 4.69) is 36.7 Å². The Morgan fingerprint density at radius 2 is 1.00 bits per heavy atom. The SMILES string of the molecule is CCCCCCCCCCCCCC(=O)N[C@@H](CO[C@@H]1O[C@H](COC(C)=O)[C@@H](OC(C)=O)[C@H](OC(C)=O)[C@H]1NC(=O)C[C@@H](CCCCCCCCCCC)OC(=O)CCCCCCCCCCCCC)C(=O)NCCC(=O)OCc1ccccc1. The number of amides is 3. The molecule has 0 aliphatic carbocycles. The van der Waals surface area contributed by atoms with E-state index in [1.165, 1.54) is 116 Å². The summed E-state index contributed by atoms with van der Waals surface area (Å²) in [5, 5.41) is 8.36. The summed E-state index contributed by atoms with van der Waals surface area (Å²) >= 11 is 0. The minimum atomic E-state index is -1.59. The third kappa shape index (κ3) is 39.3. The van der Waals surface area contributed by atoms with Crippen LogP contribution in [0, 0.1) is 0 Å². The summed E-state index contributed by atoms with van der Waals surface area (Å²) in [6.45, 7) is 8.92. The van der Waals surface area contributed by atoms with Crippen LogP contribution in [-0.2, 0) is 78.1 Å². The van der Waals surface area contributed by atoms with E-state index in [4.69, 9.17) is 33.2 Å². The van der Waals surface area contributed by atoms with Crippen molar-refractivity contribution in [1.82, 2.24) is 16.0 Å². The standard InChI is InChI=1S/C67H113N3O15/c1-7-10-13-16-19-22-24-27-30-33-39-44-59(74)69-57(66(78)68-47-46-61(76)80-49-55-41-36-35-37-42-55)50-81-67-63(65(83-54(6)73)64(82-53(5)72)58(85-67)51-79-52(4)71)70-60(75)48-56(43-38-32-29-26-21-18-15-12-9-3)84-62(77)45-40-34-31-28-25-23-20-17-14-11-8-2/h35-37,41-42,56-58,63-65,67H,7-34,38-40,43-51H2,1-6H3,(H,68,78)(H,69,74)(H,70,75)/t56-,57+,58-,63-,64-,65-,67-/m1/s1. The van der Waals surface area contributed by atoms with Crippen molar-refractivity contribution in [3.8, 4) is 0 Å². The van der Waals surface area contributed by atoms with Crippen molar-refractivity contribution in [3.63, 3.8) is 0 Å². The molecular formula is C67H113N3O15. The molecule has 1 aliphatic rings. The number of hydrogen-bond donors (Lipinski definition) is 3. The first kappa shape index (κ1) is 76.0. The number of hydrogen-bond acceptors (Lipinski definition) is 15. The molecule has 3 amide bonds. The van der Waals surface area contributed by atoms with Crippen LogP contribution in [0.5, 0.6) is 0 Å². The third-order valence-corrected chi connectivity index (χ3v) is 15.3. The Morgan fingerprint density at radius 1 is 0.518 bits per heavy atom. The second-order valence-corrected chi connectivity index (χ2v) is 23.2. The minimum absolute atomic E-state index is 0.0496. The molecule has 2 rings (SSSR count). The third-order valence-electron chi connectivity index (χ3n) is 15.3. The molecule has 0 bridgehead atoms. The van der Waals surface area contributed by atoms with E-state index in [0.29, 0.717) is 25.7 Å². The lowest BCUT2D eigenvalue weighted by atomic mass is 9.95. The monoisotopic (exact) mass is 1200 g/mol. The van der Waals surface area contributed by atoms with E-state index >= 15 is 0 Å². The van der Waals surface area contributed by atoms with Gasteiger partial charge in [0.2, 0.25) is 17.7 Å². The van der Waals surface area contributed by atoms with Gasteiger partial charge in [-0.25, -0.2) is 0 Å². The van der Waals surface area contributed by atoms with Crippen molar-refractivity contribution in [2.45, 2.75) is 322 Å². The highest BCUT2D eigenvalue weighted by Crippen LogP contribution is 2.29. The lowest BCUT2D eigenvalue weighted by Crippen LogP contribution is -2.67. The van der Waals surface area contributed by atoms with E-state index < -0.39 is 104 Å². The van der Waals surface area contributed by atoms with Crippen LogP contribution in [0.3, 0.4) is 0 Å². The Kier molecular flexibility index (Phi) is 44.7. The summed E-state index contributed by atoms with van der Waals surface area (Å²) in [7, 11) is 0. The Bertz CT molecular complexity index is 1970. The minimum Gasteiger partial charge on any atom is -0.463 e. The molecule has 1 fully saturated rings. The number of unbranched alkanes of at least 4 members (excludes halogenated alkanes) is 28. The van der Waals surface area contributed by atoms with Crippen LogP contribution in [-0.4, -0.2) is 110 Å². The zero-order chi connectivity index (χ0) is 62.1. The van der Waals surface area contributed by atoms with Crippen LogP contribution in [0.15, 0.2) is 30.3 Å². The molecule has 0 radical (unpaired) electrons. The number of carbonyl (C=O) groups is 8. The van der Waals surface area contributed by atoms with Gasteiger partial charge in [-0.15, -0.1) is 0 Å². The molecule has 1 saturated heterocycles. The average Bonchev–Trinajstić information content (AvgIpc) is 1.56. The first-order valence-corrected chi connectivity index (χ1v) is 33.2. The largest absolute Gasteiger partial charge is 0.463 e. The van der Waals surface area contributed by atoms with Crippen LogP contribution in [0.4, 0.5) is 0 Å². The Hall–Kier alpha value is -5.10.